The van der Waals surface area contributed by atoms with E-state index in [1.165, 1.54) is 12.1 Å². The Hall–Kier alpha value is -3.08. The number of alkyl halides is 6. The monoisotopic (exact) mass is 419 g/mol. The Morgan fingerprint density at radius 1 is 1.00 bits per heavy atom. The number of carbonyl (C=O) groups is 2. The molecule has 0 atom stereocenters. The van der Waals surface area contributed by atoms with Crippen molar-refractivity contribution in [2.75, 3.05) is 6.73 Å². The summed E-state index contributed by atoms with van der Waals surface area (Å²) < 4.78 is 83.0. The predicted molar refractivity (Wildman–Crippen MR) is 84.1 cm³/mol. The van der Waals surface area contributed by atoms with Crippen LogP contribution >= 0.6 is 0 Å². The zero-order chi connectivity index (χ0) is 21.4. The highest BCUT2D eigenvalue weighted by Gasteiger charge is 2.40. The number of halogens is 6. The molecule has 2 aromatic carbocycles. The lowest BCUT2D eigenvalue weighted by molar-refractivity contribution is -0.145. The Morgan fingerprint density at radius 2 is 1.69 bits per heavy atom. The average molecular weight is 419 g/mol. The van der Waals surface area contributed by atoms with Gasteiger partial charge in [-0.2, -0.15) is 26.3 Å². The summed E-state index contributed by atoms with van der Waals surface area (Å²) in [6.07, 6.45) is -10.3. The molecule has 154 valence electrons. The summed E-state index contributed by atoms with van der Waals surface area (Å²) in [4.78, 5) is 29.5. The molecule has 11 heteroatoms. The van der Waals surface area contributed by atoms with Crippen molar-refractivity contribution in [3.05, 3.63) is 70.3 Å². The van der Waals surface area contributed by atoms with Crippen LogP contribution in [0.2, 0.25) is 0 Å². The molecule has 3 rings (SSSR count). The molecule has 1 aliphatic heterocycles. The van der Waals surface area contributed by atoms with Crippen LogP contribution in [0.1, 0.15) is 37.4 Å². The van der Waals surface area contributed by atoms with Crippen LogP contribution in [-0.2, 0) is 28.5 Å². The standard InChI is InChI=1S/C18H11F6NO4/c19-17(20,21)11-5-6-13(14(7-11)18(22,23)24)16(27)29-25-9-28-8-10-3-1-2-4-12(10)15(25)26/h1-7H,8-9H2. The molecule has 1 aliphatic rings. The Bertz CT molecular complexity index is 954. The van der Waals surface area contributed by atoms with Gasteiger partial charge in [-0.25, -0.2) is 4.79 Å². The lowest BCUT2D eigenvalue weighted by atomic mass is 10.0. The van der Waals surface area contributed by atoms with Crippen LogP contribution in [0, 0.1) is 0 Å². The van der Waals surface area contributed by atoms with Gasteiger partial charge in [0.2, 0.25) is 0 Å². The predicted octanol–water partition coefficient (Wildman–Crippen LogP) is 4.43. The molecule has 1 heterocycles. The fourth-order valence-electron chi connectivity index (χ4n) is 2.64. The lowest BCUT2D eigenvalue weighted by Crippen LogP contribution is -2.34. The van der Waals surface area contributed by atoms with Crippen LogP contribution in [0.5, 0.6) is 0 Å². The second-order valence-electron chi connectivity index (χ2n) is 5.95. The fourth-order valence-corrected chi connectivity index (χ4v) is 2.64. The Morgan fingerprint density at radius 3 is 2.34 bits per heavy atom. The van der Waals surface area contributed by atoms with E-state index in [0.717, 1.165) is 0 Å². The van der Waals surface area contributed by atoms with Gasteiger partial charge in [-0.15, -0.1) is 5.06 Å². The van der Waals surface area contributed by atoms with Crippen molar-refractivity contribution in [3.63, 3.8) is 0 Å². The van der Waals surface area contributed by atoms with Crippen molar-refractivity contribution in [3.8, 4) is 0 Å². The Balaban J connectivity index is 1.92. The molecule has 0 bridgehead atoms. The maximum absolute atomic E-state index is 13.2. The third-order valence-electron chi connectivity index (χ3n) is 4.01. The van der Waals surface area contributed by atoms with Gasteiger partial charge in [-0.1, -0.05) is 18.2 Å². The quantitative estimate of drug-likeness (QED) is 0.677. The van der Waals surface area contributed by atoms with Gasteiger partial charge in [-0.3, -0.25) is 4.79 Å². The molecular formula is C18H11F6NO4. The minimum Gasteiger partial charge on any atom is -0.353 e. The number of ether oxygens (including phenoxy) is 1. The maximum atomic E-state index is 13.2. The summed E-state index contributed by atoms with van der Waals surface area (Å²) in [5, 5.41) is 0.409. The number of hydrogen-bond acceptors (Lipinski definition) is 4. The van der Waals surface area contributed by atoms with Gasteiger partial charge in [0.15, 0.2) is 6.73 Å². The zero-order valence-corrected chi connectivity index (χ0v) is 14.3. The zero-order valence-electron chi connectivity index (χ0n) is 14.3. The number of amides is 1. The Labute approximate surface area is 159 Å². The van der Waals surface area contributed by atoms with Crippen LogP contribution in [0.15, 0.2) is 42.5 Å². The van der Waals surface area contributed by atoms with Crippen LogP contribution < -0.4 is 0 Å². The molecule has 1 amide bonds. The second kappa shape index (κ2) is 7.39. The van der Waals surface area contributed by atoms with Crippen LogP contribution in [0.25, 0.3) is 0 Å². The fraction of sp³-hybridized carbons (Fsp3) is 0.222. The van der Waals surface area contributed by atoms with E-state index in [2.05, 4.69) is 0 Å². The van der Waals surface area contributed by atoms with Gasteiger partial charge in [0, 0.05) is 5.56 Å². The second-order valence-corrected chi connectivity index (χ2v) is 5.95. The number of hydroxylamine groups is 2. The molecule has 0 N–H and O–H groups in total. The minimum absolute atomic E-state index is 0.00988. The topological polar surface area (TPSA) is 55.8 Å². The molecule has 2 aromatic rings. The number of nitrogens with zero attached hydrogens (tertiary/aromatic N) is 1. The summed E-state index contributed by atoms with van der Waals surface area (Å²) in [6.45, 7) is -0.578. The van der Waals surface area contributed by atoms with Gasteiger partial charge in [-0.05, 0) is 29.8 Å². The van der Waals surface area contributed by atoms with E-state index in [0.29, 0.717) is 22.8 Å². The Kier molecular flexibility index (Phi) is 5.26. The van der Waals surface area contributed by atoms with Crippen molar-refractivity contribution in [1.29, 1.82) is 0 Å². The first-order chi connectivity index (χ1) is 13.5. The lowest BCUT2D eigenvalue weighted by Gasteiger charge is -2.20. The number of hydrogen-bond donors (Lipinski definition) is 0. The maximum Gasteiger partial charge on any atom is 0.417 e. The molecule has 0 fully saturated rings. The largest absolute Gasteiger partial charge is 0.417 e. The molecule has 29 heavy (non-hydrogen) atoms. The first-order valence-electron chi connectivity index (χ1n) is 7.96. The average Bonchev–Trinajstić information content (AvgIpc) is 2.79. The number of benzene rings is 2. The molecule has 0 saturated carbocycles. The van der Waals surface area contributed by atoms with Crippen LogP contribution in [-0.4, -0.2) is 23.7 Å². The third kappa shape index (κ3) is 4.34. The number of carbonyl (C=O) groups excluding carboxylic acids is 2. The highest BCUT2D eigenvalue weighted by molar-refractivity contribution is 5.97. The summed E-state index contributed by atoms with van der Waals surface area (Å²) in [5.74, 6) is -2.49. The van der Waals surface area contributed by atoms with Gasteiger partial charge in [0.05, 0.1) is 23.3 Å². The molecular weight excluding hydrogens is 408 g/mol. The van der Waals surface area contributed by atoms with E-state index < -0.39 is 47.7 Å². The summed E-state index contributed by atoms with van der Waals surface area (Å²) in [6, 6.07) is 6.64. The van der Waals surface area contributed by atoms with Gasteiger partial charge in [0.1, 0.15) is 0 Å². The van der Waals surface area contributed by atoms with E-state index in [1.807, 2.05) is 0 Å². The molecule has 5 nitrogen and oxygen atoms in total. The van der Waals surface area contributed by atoms with Gasteiger partial charge >= 0.3 is 18.3 Å². The first-order valence-corrected chi connectivity index (χ1v) is 7.96. The van der Waals surface area contributed by atoms with E-state index in [1.54, 1.807) is 12.1 Å². The van der Waals surface area contributed by atoms with Crippen molar-refractivity contribution in [2.45, 2.75) is 19.0 Å². The molecule has 0 unspecified atom stereocenters. The van der Waals surface area contributed by atoms with E-state index in [9.17, 15) is 35.9 Å². The van der Waals surface area contributed by atoms with E-state index >= 15 is 0 Å². The summed E-state index contributed by atoms with van der Waals surface area (Å²) in [7, 11) is 0. The normalized spacial score (nSPS) is 15.0. The molecule has 0 aromatic heterocycles. The highest BCUT2D eigenvalue weighted by atomic mass is 19.4. The molecule has 0 radical (unpaired) electrons. The van der Waals surface area contributed by atoms with Crippen molar-refractivity contribution in [2.24, 2.45) is 0 Å². The van der Waals surface area contributed by atoms with Crippen LogP contribution in [0.4, 0.5) is 26.3 Å². The number of fused-ring (bicyclic) bond motifs is 1. The summed E-state index contributed by atoms with van der Waals surface area (Å²) in [5.41, 5.74) is -4.00. The summed E-state index contributed by atoms with van der Waals surface area (Å²) >= 11 is 0. The van der Waals surface area contributed by atoms with Gasteiger partial charge < -0.3 is 9.57 Å². The van der Waals surface area contributed by atoms with Crippen molar-refractivity contribution in [1.82, 2.24) is 5.06 Å². The van der Waals surface area contributed by atoms with Gasteiger partial charge in [0.25, 0.3) is 5.91 Å². The molecule has 0 saturated heterocycles. The first kappa shape index (κ1) is 20.6. The third-order valence-corrected chi connectivity index (χ3v) is 4.01. The highest BCUT2D eigenvalue weighted by Crippen LogP contribution is 2.37. The van der Waals surface area contributed by atoms with Crippen LogP contribution in [0.3, 0.4) is 0 Å². The van der Waals surface area contributed by atoms with E-state index in [4.69, 9.17) is 9.57 Å². The van der Waals surface area contributed by atoms with Crippen molar-refractivity contribution < 1.29 is 45.5 Å². The number of rotatable bonds is 2. The minimum atomic E-state index is -5.26. The molecule has 0 aliphatic carbocycles. The smallest absolute Gasteiger partial charge is 0.353 e. The van der Waals surface area contributed by atoms with E-state index in [-0.39, 0.29) is 18.2 Å². The molecule has 0 spiro atoms. The van der Waals surface area contributed by atoms with Crippen molar-refractivity contribution >= 4 is 11.9 Å². The SMILES string of the molecule is O=C(ON1COCc2ccccc2C1=O)c1ccc(C(F)(F)F)cc1C(F)(F)F.